The Balaban J connectivity index is 1.72. The van der Waals surface area contributed by atoms with Gasteiger partial charge in [-0.1, -0.05) is 65.7 Å². The number of halogens is 2. The van der Waals surface area contributed by atoms with E-state index >= 15 is 0 Å². The molecule has 156 valence electrons. The Bertz CT molecular complexity index is 1370. The Kier molecular flexibility index (Phi) is 5.01. The average Bonchev–Trinajstić information content (AvgIpc) is 2.73. The van der Waals surface area contributed by atoms with E-state index in [1.54, 1.807) is 12.1 Å². The van der Waals surface area contributed by atoms with Crippen molar-refractivity contribution in [3.8, 4) is 16.9 Å². The predicted molar refractivity (Wildman–Crippen MR) is 126 cm³/mol. The molecule has 2 heterocycles. The van der Waals surface area contributed by atoms with Crippen molar-refractivity contribution in [1.82, 2.24) is 9.88 Å². The second kappa shape index (κ2) is 7.72. The molecule has 4 nitrogen and oxygen atoms in total. The fourth-order valence-corrected chi connectivity index (χ4v) is 5.14. The van der Waals surface area contributed by atoms with Gasteiger partial charge in [-0.2, -0.15) is 0 Å². The number of fused-ring (bicyclic) bond motifs is 2. The highest BCUT2D eigenvalue weighted by Gasteiger charge is 2.26. The van der Waals surface area contributed by atoms with Crippen LogP contribution in [-0.4, -0.2) is 28.6 Å². The van der Waals surface area contributed by atoms with Gasteiger partial charge in [0, 0.05) is 24.0 Å². The molecule has 1 atom stereocenters. The SMILES string of the molecule is CN1Cc2ccc(-c3c(O)c4c(Cl)cc(Cl)cc4[nH]c3=O)cc2C(c2ccccc2)C1. The van der Waals surface area contributed by atoms with Crippen LogP contribution in [0.4, 0.5) is 0 Å². The van der Waals surface area contributed by atoms with Gasteiger partial charge in [0.25, 0.3) is 5.56 Å². The molecule has 31 heavy (non-hydrogen) atoms. The smallest absolute Gasteiger partial charge is 0.260 e. The molecule has 0 amide bonds. The first-order valence-electron chi connectivity index (χ1n) is 10.0. The maximum Gasteiger partial charge on any atom is 0.260 e. The minimum absolute atomic E-state index is 0.135. The van der Waals surface area contributed by atoms with Crippen LogP contribution in [-0.2, 0) is 6.54 Å². The van der Waals surface area contributed by atoms with Crippen molar-refractivity contribution in [2.24, 2.45) is 0 Å². The minimum atomic E-state index is -0.382. The molecule has 6 heteroatoms. The van der Waals surface area contributed by atoms with E-state index in [-0.39, 0.29) is 22.8 Å². The number of likely N-dealkylation sites (N-methyl/N-ethyl adjacent to an activating group) is 1. The molecule has 0 spiro atoms. The van der Waals surface area contributed by atoms with E-state index in [9.17, 15) is 9.90 Å². The van der Waals surface area contributed by atoms with Crippen molar-refractivity contribution in [2.75, 3.05) is 13.6 Å². The minimum Gasteiger partial charge on any atom is -0.506 e. The van der Waals surface area contributed by atoms with Crippen molar-refractivity contribution < 1.29 is 5.11 Å². The van der Waals surface area contributed by atoms with Crippen molar-refractivity contribution in [3.63, 3.8) is 0 Å². The van der Waals surface area contributed by atoms with Crippen molar-refractivity contribution >= 4 is 34.1 Å². The highest BCUT2D eigenvalue weighted by Crippen LogP contribution is 2.40. The van der Waals surface area contributed by atoms with Gasteiger partial charge in [-0.25, -0.2) is 0 Å². The zero-order valence-electron chi connectivity index (χ0n) is 16.8. The molecule has 0 fully saturated rings. The average molecular weight is 451 g/mol. The maximum atomic E-state index is 12.9. The highest BCUT2D eigenvalue weighted by molar-refractivity contribution is 6.39. The van der Waals surface area contributed by atoms with E-state index in [1.165, 1.54) is 16.7 Å². The molecule has 5 rings (SSSR count). The Labute approximate surface area is 189 Å². The Morgan fingerprint density at radius 2 is 1.84 bits per heavy atom. The summed E-state index contributed by atoms with van der Waals surface area (Å²) in [5.74, 6) is 0.0449. The van der Waals surface area contributed by atoms with E-state index < -0.39 is 0 Å². The molecular formula is C25H20Cl2N2O2. The summed E-state index contributed by atoms with van der Waals surface area (Å²) >= 11 is 12.4. The Morgan fingerprint density at radius 1 is 1.06 bits per heavy atom. The lowest BCUT2D eigenvalue weighted by Gasteiger charge is -2.33. The van der Waals surface area contributed by atoms with Gasteiger partial charge >= 0.3 is 0 Å². The van der Waals surface area contributed by atoms with E-state index in [0.29, 0.717) is 26.5 Å². The standard InChI is InChI=1S/C25H20Cl2N2O2/c1-29-12-16-8-7-15(9-18(16)19(13-29)14-5-3-2-4-6-14)22-24(30)23-20(27)10-17(26)11-21(23)28-25(22)31/h2-11,19H,12-13H2,1H3,(H2,28,30,31). The van der Waals surface area contributed by atoms with Crippen LogP contribution >= 0.6 is 23.2 Å². The number of hydrogen-bond donors (Lipinski definition) is 2. The number of nitrogens with one attached hydrogen (secondary N) is 1. The van der Waals surface area contributed by atoms with Crippen LogP contribution in [0, 0.1) is 0 Å². The Morgan fingerprint density at radius 3 is 2.61 bits per heavy atom. The summed E-state index contributed by atoms with van der Waals surface area (Å²) < 4.78 is 0. The quantitative estimate of drug-likeness (QED) is 0.406. The van der Waals surface area contributed by atoms with Gasteiger partial charge in [-0.15, -0.1) is 0 Å². The van der Waals surface area contributed by atoms with Crippen molar-refractivity contribution in [1.29, 1.82) is 0 Å². The number of aromatic nitrogens is 1. The monoisotopic (exact) mass is 450 g/mol. The first-order chi connectivity index (χ1) is 14.9. The molecule has 0 aliphatic carbocycles. The third-order valence-corrected chi connectivity index (χ3v) is 6.47. The van der Waals surface area contributed by atoms with Crippen LogP contribution in [0.2, 0.25) is 10.0 Å². The molecule has 1 aromatic heterocycles. The van der Waals surface area contributed by atoms with Gasteiger partial charge in [0.15, 0.2) is 0 Å². The van der Waals surface area contributed by atoms with Gasteiger partial charge in [-0.05, 0) is 47.5 Å². The van der Waals surface area contributed by atoms with E-state index in [2.05, 4.69) is 29.1 Å². The number of pyridine rings is 1. The number of nitrogens with zero attached hydrogens (tertiary/aromatic N) is 1. The van der Waals surface area contributed by atoms with Gasteiger partial charge in [-0.3, -0.25) is 4.79 Å². The van der Waals surface area contributed by atoms with Gasteiger partial charge in [0.05, 0.1) is 21.5 Å². The van der Waals surface area contributed by atoms with Crippen LogP contribution in [0.25, 0.3) is 22.0 Å². The number of H-pyrrole nitrogens is 1. The summed E-state index contributed by atoms with van der Waals surface area (Å²) in [7, 11) is 2.11. The molecule has 0 saturated carbocycles. The lowest BCUT2D eigenvalue weighted by atomic mass is 9.83. The van der Waals surface area contributed by atoms with Crippen LogP contribution in [0.5, 0.6) is 5.75 Å². The summed E-state index contributed by atoms with van der Waals surface area (Å²) in [5.41, 5.74) is 4.51. The number of rotatable bonds is 2. The predicted octanol–water partition coefficient (Wildman–Crippen LogP) is 5.78. The molecule has 0 radical (unpaired) electrons. The van der Waals surface area contributed by atoms with Crippen molar-refractivity contribution in [2.45, 2.75) is 12.5 Å². The molecule has 1 unspecified atom stereocenters. The lowest BCUT2D eigenvalue weighted by Crippen LogP contribution is -2.31. The molecule has 4 aromatic rings. The lowest BCUT2D eigenvalue weighted by molar-refractivity contribution is 0.295. The normalized spacial score (nSPS) is 16.4. The van der Waals surface area contributed by atoms with Gasteiger partial charge in [0.1, 0.15) is 5.75 Å². The van der Waals surface area contributed by atoms with Gasteiger partial charge < -0.3 is 15.0 Å². The van der Waals surface area contributed by atoms with E-state index in [4.69, 9.17) is 23.2 Å². The third-order valence-electron chi connectivity index (χ3n) is 5.95. The molecule has 1 aliphatic heterocycles. The second-order valence-electron chi connectivity index (χ2n) is 8.06. The zero-order valence-corrected chi connectivity index (χ0v) is 18.3. The number of aromatic hydroxyl groups is 1. The van der Waals surface area contributed by atoms with Crippen molar-refractivity contribution in [3.05, 3.63) is 97.8 Å². The van der Waals surface area contributed by atoms with Gasteiger partial charge in [0.2, 0.25) is 0 Å². The van der Waals surface area contributed by atoms with Crippen LogP contribution in [0.15, 0.2) is 65.5 Å². The number of hydrogen-bond acceptors (Lipinski definition) is 3. The topological polar surface area (TPSA) is 56.3 Å². The highest BCUT2D eigenvalue weighted by atomic mass is 35.5. The molecule has 0 bridgehead atoms. The third kappa shape index (κ3) is 3.51. The fourth-order valence-electron chi connectivity index (χ4n) is 4.55. The zero-order chi connectivity index (χ0) is 21.7. The van der Waals surface area contributed by atoms with Crippen LogP contribution < -0.4 is 5.56 Å². The molecular weight excluding hydrogens is 431 g/mol. The second-order valence-corrected chi connectivity index (χ2v) is 8.91. The summed E-state index contributed by atoms with van der Waals surface area (Å²) in [6, 6.07) is 19.5. The first-order valence-corrected chi connectivity index (χ1v) is 10.8. The van der Waals surface area contributed by atoms with E-state index in [0.717, 1.165) is 13.1 Å². The molecule has 0 saturated heterocycles. The molecule has 3 aromatic carbocycles. The molecule has 2 N–H and O–H groups in total. The van der Waals surface area contributed by atoms with Crippen LogP contribution in [0.3, 0.4) is 0 Å². The van der Waals surface area contributed by atoms with Crippen LogP contribution in [0.1, 0.15) is 22.6 Å². The fraction of sp³-hybridized carbons (Fsp3) is 0.160. The van der Waals surface area contributed by atoms with E-state index in [1.807, 2.05) is 36.4 Å². The summed E-state index contributed by atoms with van der Waals surface area (Å²) in [5, 5.41) is 12.1. The summed E-state index contributed by atoms with van der Waals surface area (Å²) in [4.78, 5) is 18.1. The maximum absolute atomic E-state index is 12.9. The molecule has 1 aliphatic rings. The first kappa shape index (κ1) is 20.1. The number of aromatic amines is 1. The number of benzene rings is 3. The Hall–Kier alpha value is -2.79. The summed E-state index contributed by atoms with van der Waals surface area (Å²) in [6.45, 7) is 1.72. The largest absolute Gasteiger partial charge is 0.506 e. The summed E-state index contributed by atoms with van der Waals surface area (Å²) in [6.07, 6.45) is 0.